The van der Waals surface area contributed by atoms with Crippen molar-refractivity contribution in [3.63, 3.8) is 0 Å². The van der Waals surface area contributed by atoms with Gasteiger partial charge in [0, 0.05) is 18.5 Å². The van der Waals surface area contributed by atoms with Crippen LogP contribution in [-0.4, -0.2) is 24.2 Å². The number of anilines is 2. The van der Waals surface area contributed by atoms with Gasteiger partial charge in [0.1, 0.15) is 22.6 Å². The summed E-state index contributed by atoms with van der Waals surface area (Å²) < 4.78 is 36.9. The third kappa shape index (κ3) is 3.39. The van der Waals surface area contributed by atoms with Crippen LogP contribution in [0.1, 0.15) is 0 Å². The minimum atomic E-state index is -1.90. The number of fused-ring (bicyclic) bond motifs is 1. The van der Waals surface area contributed by atoms with E-state index >= 15 is 0 Å². The first-order chi connectivity index (χ1) is 13.4. The number of hydrogen-bond acceptors (Lipinski definition) is 7. The summed E-state index contributed by atoms with van der Waals surface area (Å²) in [5.41, 5.74) is 7.98. The zero-order valence-electron chi connectivity index (χ0n) is 14.2. The molecule has 4 rings (SSSR count). The van der Waals surface area contributed by atoms with E-state index in [2.05, 4.69) is 20.0 Å². The van der Waals surface area contributed by atoms with Crippen molar-refractivity contribution in [1.82, 2.24) is 20.0 Å². The first kappa shape index (κ1) is 18.6. The van der Waals surface area contributed by atoms with Gasteiger partial charge < -0.3 is 10.5 Å². The summed E-state index contributed by atoms with van der Waals surface area (Å²) in [4.78, 5) is -0.129. The van der Waals surface area contributed by atoms with Gasteiger partial charge in [-0.25, -0.2) is 8.60 Å². The molecule has 1 atom stereocenters. The Morgan fingerprint density at radius 3 is 2.93 bits per heavy atom. The first-order valence-corrected chi connectivity index (χ1v) is 10.2. The molecule has 8 nitrogen and oxygen atoms in total. The second-order valence-electron chi connectivity index (χ2n) is 5.59. The van der Waals surface area contributed by atoms with Crippen molar-refractivity contribution in [3.8, 4) is 11.5 Å². The SMILES string of the molecule is Cn1nc(N)c2cccc(Oc3cc(F)c(S(=O)Nc4nncs4)cc3Cl)c21. The lowest BCUT2D eigenvalue weighted by Crippen LogP contribution is -2.07. The molecule has 0 fully saturated rings. The molecule has 28 heavy (non-hydrogen) atoms. The minimum Gasteiger partial charge on any atom is -0.453 e. The number of ether oxygens (including phenoxy) is 1. The number of para-hydroxylation sites is 1. The topological polar surface area (TPSA) is 108 Å². The molecule has 2 aromatic heterocycles. The van der Waals surface area contributed by atoms with E-state index in [4.69, 9.17) is 22.1 Å². The van der Waals surface area contributed by atoms with Crippen molar-refractivity contribution in [2.45, 2.75) is 4.90 Å². The number of hydrogen-bond donors (Lipinski definition) is 2. The number of nitrogens with zero attached hydrogens (tertiary/aromatic N) is 4. The number of rotatable bonds is 5. The Balaban J connectivity index is 1.67. The molecule has 2 aromatic carbocycles. The lowest BCUT2D eigenvalue weighted by Gasteiger charge is -2.11. The van der Waals surface area contributed by atoms with Crippen LogP contribution in [0, 0.1) is 5.82 Å². The third-order valence-electron chi connectivity index (χ3n) is 3.80. The van der Waals surface area contributed by atoms with Crippen LogP contribution in [0.25, 0.3) is 10.9 Å². The van der Waals surface area contributed by atoms with Crippen LogP contribution in [0.15, 0.2) is 40.7 Å². The summed E-state index contributed by atoms with van der Waals surface area (Å²) in [6.45, 7) is 0. The maximum atomic E-state index is 14.6. The summed E-state index contributed by atoms with van der Waals surface area (Å²) in [5, 5.41) is 12.6. The summed E-state index contributed by atoms with van der Waals surface area (Å²) in [6.07, 6.45) is 0. The summed E-state index contributed by atoms with van der Waals surface area (Å²) in [6, 6.07) is 7.57. The standard InChI is InChI=1S/C16H12ClFN6O2S2/c1-24-14-8(15(19)22-24)3-2-4-11(14)26-12-6-10(18)13(5-9(12)17)28(25)23-16-21-20-7-27-16/h2-7H,1H3,(H2,19,22)(H,21,23). The van der Waals surface area contributed by atoms with Gasteiger partial charge in [-0.1, -0.05) is 29.0 Å². The van der Waals surface area contributed by atoms with E-state index in [0.717, 1.165) is 17.4 Å². The van der Waals surface area contributed by atoms with Crippen molar-refractivity contribution in [1.29, 1.82) is 0 Å². The summed E-state index contributed by atoms with van der Waals surface area (Å²) >= 11 is 7.39. The van der Waals surface area contributed by atoms with E-state index in [1.165, 1.54) is 11.6 Å². The molecule has 144 valence electrons. The molecule has 1 unspecified atom stereocenters. The van der Waals surface area contributed by atoms with Gasteiger partial charge in [-0.05, 0) is 18.2 Å². The van der Waals surface area contributed by atoms with Crippen LogP contribution in [-0.2, 0) is 18.0 Å². The predicted octanol–water partition coefficient (Wildman–Crippen LogP) is 3.73. The van der Waals surface area contributed by atoms with Crippen LogP contribution in [0.5, 0.6) is 11.5 Å². The maximum absolute atomic E-state index is 14.6. The lowest BCUT2D eigenvalue weighted by atomic mass is 10.2. The highest BCUT2D eigenvalue weighted by molar-refractivity contribution is 7.86. The van der Waals surface area contributed by atoms with Gasteiger partial charge in [-0.15, -0.1) is 10.2 Å². The highest BCUT2D eigenvalue weighted by atomic mass is 35.5. The monoisotopic (exact) mass is 438 g/mol. The second kappa shape index (κ2) is 7.34. The zero-order valence-corrected chi connectivity index (χ0v) is 16.6. The number of aryl methyl sites for hydroxylation is 1. The number of nitrogens with two attached hydrogens (primary N) is 1. The van der Waals surface area contributed by atoms with Gasteiger partial charge >= 0.3 is 0 Å². The molecule has 0 aliphatic rings. The lowest BCUT2D eigenvalue weighted by molar-refractivity contribution is 0.476. The quantitative estimate of drug-likeness (QED) is 0.491. The number of halogens is 2. The molecule has 0 bridgehead atoms. The van der Waals surface area contributed by atoms with Crippen molar-refractivity contribution in [2.75, 3.05) is 10.5 Å². The minimum absolute atomic E-state index is 0.0723. The van der Waals surface area contributed by atoms with Crippen LogP contribution in [0.2, 0.25) is 5.02 Å². The molecule has 4 aromatic rings. The van der Waals surface area contributed by atoms with E-state index in [9.17, 15) is 8.60 Å². The zero-order chi connectivity index (χ0) is 19.8. The van der Waals surface area contributed by atoms with Crippen LogP contribution in [0.4, 0.5) is 15.3 Å². The van der Waals surface area contributed by atoms with Crippen LogP contribution in [0.3, 0.4) is 0 Å². The fourth-order valence-electron chi connectivity index (χ4n) is 2.61. The average molecular weight is 439 g/mol. The summed E-state index contributed by atoms with van der Waals surface area (Å²) in [5.74, 6) is 0.0922. The fourth-order valence-corrected chi connectivity index (χ4v) is 4.36. The molecule has 0 amide bonds. The molecule has 3 N–H and O–H groups in total. The maximum Gasteiger partial charge on any atom is 0.217 e. The van der Waals surface area contributed by atoms with Gasteiger partial charge in [-0.3, -0.25) is 9.40 Å². The van der Waals surface area contributed by atoms with Gasteiger partial charge in [0.2, 0.25) is 5.13 Å². The van der Waals surface area contributed by atoms with Crippen molar-refractivity contribution in [3.05, 3.63) is 46.7 Å². The average Bonchev–Trinajstić information content (AvgIpc) is 3.26. The van der Waals surface area contributed by atoms with E-state index in [0.29, 0.717) is 27.6 Å². The van der Waals surface area contributed by atoms with Crippen LogP contribution >= 0.6 is 22.9 Å². The number of nitrogen functional groups attached to an aromatic ring is 1. The van der Waals surface area contributed by atoms with Crippen molar-refractivity contribution < 1.29 is 13.3 Å². The number of benzene rings is 2. The van der Waals surface area contributed by atoms with Gasteiger partial charge in [0.25, 0.3) is 0 Å². The highest BCUT2D eigenvalue weighted by Gasteiger charge is 2.18. The molecule has 0 saturated heterocycles. The molecule has 0 saturated carbocycles. The van der Waals surface area contributed by atoms with Gasteiger partial charge in [0.15, 0.2) is 22.6 Å². The Morgan fingerprint density at radius 1 is 1.36 bits per heavy atom. The molecule has 2 heterocycles. The Kier molecular flexibility index (Phi) is 4.87. The highest BCUT2D eigenvalue weighted by Crippen LogP contribution is 2.37. The van der Waals surface area contributed by atoms with Crippen molar-refractivity contribution in [2.24, 2.45) is 7.05 Å². The normalized spacial score (nSPS) is 12.2. The van der Waals surface area contributed by atoms with E-state index < -0.39 is 16.8 Å². The molecule has 0 aliphatic heterocycles. The number of nitrogens with one attached hydrogen (secondary N) is 1. The Morgan fingerprint density at radius 2 is 2.18 bits per heavy atom. The van der Waals surface area contributed by atoms with E-state index in [1.54, 1.807) is 29.9 Å². The Hall–Kier alpha value is -2.76. The largest absolute Gasteiger partial charge is 0.453 e. The number of aromatic nitrogens is 4. The molecular formula is C16H12ClFN6O2S2. The molecule has 0 radical (unpaired) electrons. The predicted molar refractivity (Wildman–Crippen MR) is 107 cm³/mol. The third-order valence-corrected chi connectivity index (χ3v) is 5.92. The van der Waals surface area contributed by atoms with E-state index in [-0.39, 0.29) is 15.7 Å². The molecule has 0 aliphatic carbocycles. The molecular weight excluding hydrogens is 427 g/mol. The van der Waals surface area contributed by atoms with Crippen molar-refractivity contribution >= 4 is 55.8 Å². The smallest absolute Gasteiger partial charge is 0.217 e. The Bertz CT molecular complexity index is 1200. The fraction of sp³-hybridized carbons (Fsp3) is 0.0625. The first-order valence-electron chi connectivity index (χ1n) is 7.76. The molecule has 0 spiro atoms. The van der Waals surface area contributed by atoms with Gasteiger partial charge in [0.05, 0.1) is 9.92 Å². The Labute approximate surface area is 169 Å². The second-order valence-corrected chi connectivity index (χ2v) is 8.01. The molecule has 12 heteroatoms. The van der Waals surface area contributed by atoms with E-state index in [1.807, 2.05) is 0 Å². The van der Waals surface area contributed by atoms with Crippen LogP contribution < -0.4 is 15.2 Å². The summed E-state index contributed by atoms with van der Waals surface area (Å²) in [7, 11) is -0.178. The van der Waals surface area contributed by atoms with Gasteiger partial charge in [-0.2, -0.15) is 5.10 Å².